The third kappa shape index (κ3) is 9.79. The molecule has 0 amide bonds. The number of hydrogen-bond acceptors (Lipinski definition) is 6. The van der Waals surface area contributed by atoms with Crippen molar-refractivity contribution >= 4 is 68.0 Å². The summed E-state index contributed by atoms with van der Waals surface area (Å²) in [6.45, 7) is 4.63. The first-order valence-electron chi connectivity index (χ1n) is 19.3. The summed E-state index contributed by atoms with van der Waals surface area (Å²) < 4.78 is 0. The van der Waals surface area contributed by atoms with Crippen molar-refractivity contribution in [2.75, 3.05) is 0 Å². The molecule has 6 aromatic rings. The van der Waals surface area contributed by atoms with E-state index in [-0.39, 0.29) is 0 Å². The molecule has 0 radical (unpaired) electrons. The largest absolute Gasteiger partial charge is 0.144 e. The van der Waals surface area contributed by atoms with Crippen molar-refractivity contribution in [2.24, 2.45) is 0 Å². The second kappa shape index (κ2) is 20.4. The lowest BCUT2D eigenvalue weighted by Crippen LogP contribution is -1.94. The maximum absolute atomic E-state index is 2.40. The average molecular weight is 775 g/mol. The minimum Gasteiger partial charge on any atom is -0.144 e. The lowest BCUT2D eigenvalue weighted by molar-refractivity contribution is 0.572. The Kier molecular flexibility index (Phi) is 15.5. The minimum atomic E-state index is 1.21. The van der Waals surface area contributed by atoms with Crippen LogP contribution in [0.4, 0.5) is 0 Å². The molecule has 0 aliphatic heterocycles. The predicted octanol–water partition coefficient (Wildman–Crippen LogP) is 17.8. The molecule has 0 saturated heterocycles. The summed E-state index contributed by atoms with van der Waals surface area (Å²) in [5.41, 5.74) is 6.11. The van der Waals surface area contributed by atoms with E-state index in [1.807, 2.05) is 56.7 Å². The third-order valence-electron chi connectivity index (χ3n) is 9.79. The second-order valence-corrected chi connectivity index (χ2v) is 19.5. The highest BCUT2D eigenvalue weighted by Gasteiger charge is 2.29. The molecular weight excluding hydrogens is 721 g/mol. The number of unbranched alkanes of at least 4 members (excludes halogenated alkanes) is 14. The summed E-state index contributed by atoms with van der Waals surface area (Å²) in [5, 5.41) is 9.03. The quantitative estimate of drug-likeness (QED) is 0.0569. The molecule has 0 bridgehead atoms. The molecular formula is C44H54S6. The summed E-state index contributed by atoms with van der Waals surface area (Å²) in [5.74, 6) is 0. The van der Waals surface area contributed by atoms with Gasteiger partial charge in [-0.25, -0.2) is 0 Å². The second-order valence-electron chi connectivity index (χ2n) is 13.6. The average Bonchev–Trinajstić information content (AvgIpc) is 3.98. The van der Waals surface area contributed by atoms with E-state index in [1.54, 1.807) is 16.0 Å². The van der Waals surface area contributed by atoms with Crippen LogP contribution < -0.4 is 0 Å². The highest BCUT2D eigenvalue weighted by atomic mass is 32.1. The van der Waals surface area contributed by atoms with Crippen LogP contribution in [0.25, 0.3) is 50.8 Å². The summed E-state index contributed by atoms with van der Waals surface area (Å²) in [6.07, 6.45) is 24.4. The Balaban J connectivity index is 1.39. The van der Waals surface area contributed by atoms with Crippen molar-refractivity contribution in [1.82, 2.24) is 0 Å². The number of rotatable bonds is 23. The first kappa shape index (κ1) is 37.9. The van der Waals surface area contributed by atoms with Gasteiger partial charge in [0, 0.05) is 41.1 Å². The standard InChI is InChI=1S/C44H54S6/c1-3-5-7-9-11-13-15-17-23-33-34(24-18-16-14-12-10-8-6-4-2)49-43(39(33)35-25-19-29-45-35)44-41(37-27-21-31-47-37)40(36-26-20-30-46-36)42(50-44)38-28-22-32-48-38/h19-22,25-32H,3-18,23-24H2,1-2H3. The van der Waals surface area contributed by atoms with E-state index in [0.717, 1.165) is 0 Å². The van der Waals surface area contributed by atoms with Gasteiger partial charge in [0.05, 0.1) is 14.6 Å². The van der Waals surface area contributed by atoms with Crippen molar-refractivity contribution in [3.63, 3.8) is 0 Å². The van der Waals surface area contributed by atoms with E-state index in [0.29, 0.717) is 0 Å². The van der Waals surface area contributed by atoms with Crippen molar-refractivity contribution in [1.29, 1.82) is 0 Å². The molecule has 0 unspecified atom stereocenters. The van der Waals surface area contributed by atoms with Gasteiger partial charge in [-0.05, 0) is 77.0 Å². The monoisotopic (exact) mass is 774 g/mol. The maximum Gasteiger partial charge on any atom is 0.0549 e. The fourth-order valence-corrected chi connectivity index (χ4v) is 13.5. The van der Waals surface area contributed by atoms with E-state index < -0.39 is 0 Å². The molecule has 0 spiro atoms. The zero-order valence-electron chi connectivity index (χ0n) is 30.1. The topological polar surface area (TPSA) is 0 Å². The fraction of sp³-hybridized carbons (Fsp3) is 0.455. The smallest absolute Gasteiger partial charge is 0.0549 e. The van der Waals surface area contributed by atoms with Gasteiger partial charge >= 0.3 is 0 Å². The molecule has 266 valence electrons. The van der Waals surface area contributed by atoms with Crippen LogP contribution in [0.15, 0.2) is 70.1 Å². The van der Waals surface area contributed by atoms with Crippen LogP contribution in [0.3, 0.4) is 0 Å². The summed E-state index contributed by atoms with van der Waals surface area (Å²) in [6, 6.07) is 18.3. The van der Waals surface area contributed by atoms with Crippen molar-refractivity contribution in [2.45, 2.75) is 129 Å². The van der Waals surface area contributed by atoms with Crippen LogP contribution in [-0.2, 0) is 12.8 Å². The Hall–Kier alpha value is -1.80. The summed E-state index contributed by atoms with van der Waals surface area (Å²) in [4.78, 5) is 11.7. The highest BCUT2D eigenvalue weighted by Crippen LogP contribution is 2.58. The number of hydrogen-bond donors (Lipinski definition) is 0. The Morgan fingerprint density at radius 3 is 1.26 bits per heavy atom. The van der Waals surface area contributed by atoms with E-state index in [1.165, 1.54) is 161 Å². The van der Waals surface area contributed by atoms with Gasteiger partial charge in [0.1, 0.15) is 0 Å². The maximum atomic E-state index is 2.40. The van der Waals surface area contributed by atoms with Crippen LogP contribution in [0.2, 0.25) is 0 Å². The van der Waals surface area contributed by atoms with Gasteiger partial charge in [-0.2, -0.15) is 0 Å². The normalized spacial score (nSPS) is 11.6. The van der Waals surface area contributed by atoms with Gasteiger partial charge in [-0.15, -0.1) is 68.0 Å². The van der Waals surface area contributed by atoms with Crippen molar-refractivity contribution in [3.05, 3.63) is 80.5 Å². The minimum absolute atomic E-state index is 1.21. The van der Waals surface area contributed by atoms with Gasteiger partial charge < -0.3 is 0 Å². The molecule has 6 aromatic heterocycles. The molecule has 0 saturated carbocycles. The molecule has 0 nitrogen and oxygen atoms in total. The molecule has 50 heavy (non-hydrogen) atoms. The van der Waals surface area contributed by atoms with Crippen LogP contribution in [0, 0.1) is 0 Å². The molecule has 6 heteroatoms. The fourth-order valence-electron chi connectivity index (χ4n) is 7.16. The van der Waals surface area contributed by atoms with E-state index in [2.05, 4.69) is 95.2 Å². The Morgan fingerprint density at radius 1 is 0.380 bits per heavy atom. The summed E-state index contributed by atoms with van der Waals surface area (Å²) >= 11 is 11.8. The number of thiophene rings is 6. The molecule has 0 aromatic carbocycles. The highest BCUT2D eigenvalue weighted by molar-refractivity contribution is 7.28. The third-order valence-corrected chi connectivity index (χ3v) is 16.1. The van der Waals surface area contributed by atoms with Gasteiger partial charge in [0.2, 0.25) is 0 Å². The lowest BCUT2D eigenvalue weighted by atomic mass is 9.96. The van der Waals surface area contributed by atoms with Gasteiger partial charge in [0.25, 0.3) is 0 Å². The van der Waals surface area contributed by atoms with E-state index >= 15 is 0 Å². The van der Waals surface area contributed by atoms with Gasteiger partial charge in [-0.1, -0.05) is 128 Å². The van der Waals surface area contributed by atoms with E-state index in [9.17, 15) is 0 Å². The zero-order chi connectivity index (χ0) is 34.4. The Labute approximate surface area is 326 Å². The van der Waals surface area contributed by atoms with Crippen LogP contribution >= 0.6 is 68.0 Å². The summed E-state index contributed by atoms with van der Waals surface area (Å²) in [7, 11) is 0. The van der Waals surface area contributed by atoms with Crippen LogP contribution in [0.5, 0.6) is 0 Å². The van der Waals surface area contributed by atoms with Crippen LogP contribution in [-0.4, -0.2) is 0 Å². The molecule has 6 rings (SSSR count). The molecule has 0 aliphatic rings. The predicted molar refractivity (Wildman–Crippen MR) is 234 cm³/mol. The first-order chi connectivity index (χ1) is 24.8. The zero-order valence-corrected chi connectivity index (χ0v) is 35.0. The van der Waals surface area contributed by atoms with Crippen molar-refractivity contribution < 1.29 is 0 Å². The lowest BCUT2D eigenvalue weighted by Gasteiger charge is -2.10. The molecule has 6 heterocycles. The van der Waals surface area contributed by atoms with Crippen LogP contribution in [0.1, 0.15) is 127 Å². The Bertz CT molecular complexity index is 1760. The van der Waals surface area contributed by atoms with Gasteiger partial charge in [-0.3, -0.25) is 0 Å². The first-order valence-corrected chi connectivity index (χ1v) is 24.4. The van der Waals surface area contributed by atoms with E-state index in [4.69, 9.17) is 0 Å². The number of aryl methyl sites for hydroxylation is 1. The van der Waals surface area contributed by atoms with Crippen molar-refractivity contribution in [3.8, 4) is 50.8 Å². The van der Waals surface area contributed by atoms with Gasteiger partial charge in [0.15, 0.2) is 0 Å². The molecule has 0 aliphatic carbocycles. The SMILES string of the molecule is CCCCCCCCCCc1sc(-c2sc(-c3cccs3)c(-c3cccs3)c2-c2cccs2)c(-c2cccs2)c1CCCCCCCCCC. The molecule has 0 fully saturated rings. The molecule has 0 atom stereocenters. The molecule has 0 N–H and O–H groups in total. The Morgan fingerprint density at radius 2 is 0.780 bits per heavy atom.